The van der Waals surface area contributed by atoms with Crippen molar-refractivity contribution >= 4 is 32.3 Å². The number of nitrogens with zero attached hydrogens (tertiary/aromatic N) is 1. The zero-order valence-corrected chi connectivity index (χ0v) is 18.1. The number of para-hydroxylation sites is 1. The number of rotatable bonds is 7. The summed E-state index contributed by atoms with van der Waals surface area (Å²) in [4.78, 5) is 17.2. The Balaban J connectivity index is 1.29. The molecule has 1 aromatic heterocycles. The Bertz CT molecular complexity index is 1400. The molecule has 2 atom stereocenters. The number of carbonyl (C=O) groups excluding carboxylic acids is 1. The third-order valence-corrected chi connectivity index (χ3v) is 7.29. The van der Waals surface area contributed by atoms with Gasteiger partial charge in [-0.25, -0.2) is 8.42 Å². The van der Waals surface area contributed by atoms with E-state index in [2.05, 4.69) is 9.71 Å². The highest BCUT2D eigenvalue weighted by Crippen LogP contribution is 2.48. The molecule has 4 aromatic rings. The minimum Gasteiger partial charge on any atom is -0.299 e. The van der Waals surface area contributed by atoms with E-state index in [1.807, 2.05) is 42.6 Å². The van der Waals surface area contributed by atoms with Gasteiger partial charge >= 0.3 is 0 Å². The molecule has 0 spiro atoms. The van der Waals surface area contributed by atoms with E-state index in [-0.39, 0.29) is 22.5 Å². The number of aromatic nitrogens is 1. The first-order valence-corrected chi connectivity index (χ1v) is 12.0. The van der Waals surface area contributed by atoms with Gasteiger partial charge in [0, 0.05) is 35.8 Å². The number of ketones is 1. The van der Waals surface area contributed by atoms with E-state index in [1.54, 1.807) is 48.7 Å². The molecule has 1 aliphatic rings. The number of sulfonamides is 1. The number of Topliss-reactive ketones (excluding diaryl/α,β-unsaturated/α-hetero) is 1. The fourth-order valence-electron chi connectivity index (χ4n) is 4.13. The molecule has 3 aromatic carbocycles. The van der Waals surface area contributed by atoms with Crippen LogP contribution in [0.4, 0.5) is 5.69 Å². The molecule has 5 nitrogen and oxygen atoms in total. The minimum atomic E-state index is -3.69. The quantitative estimate of drug-likeness (QED) is 0.439. The Labute approximate surface area is 187 Å². The number of hydrogen-bond donors (Lipinski definition) is 1. The van der Waals surface area contributed by atoms with Crippen LogP contribution in [0, 0.1) is 5.92 Å². The second-order valence-corrected chi connectivity index (χ2v) is 9.88. The number of carbonyl (C=O) groups is 1. The van der Waals surface area contributed by atoms with Crippen molar-refractivity contribution in [1.82, 2.24) is 4.98 Å². The molecule has 1 saturated carbocycles. The van der Waals surface area contributed by atoms with E-state index in [4.69, 9.17) is 0 Å². The third kappa shape index (κ3) is 4.27. The third-order valence-electron chi connectivity index (χ3n) is 5.91. The fourth-order valence-corrected chi connectivity index (χ4v) is 5.24. The Kier molecular flexibility index (Phi) is 5.23. The molecule has 0 radical (unpaired) electrons. The summed E-state index contributed by atoms with van der Waals surface area (Å²) in [6, 6.07) is 23.7. The van der Waals surface area contributed by atoms with Gasteiger partial charge in [0.05, 0.1) is 4.90 Å². The first-order valence-electron chi connectivity index (χ1n) is 10.5. The molecular formula is C26H22N2O3S. The van der Waals surface area contributed by atoms with Crippen molar-refractivity contribution in [2.24, 2.45) is 5.92 Å². The van der Waals surface area contributed by atoms with Crippen LogP contribution in [-0.2, 0) is 21.2 Å². The van der Waals surface area contributed by atoms with Gasteiger partial charge < -0.3 is 0 Å². The highest BCUT2D eigenvalue weighted by molar-refractivity contribution is 7.92. The molecular weight excluding hydrogens is 420 g/mol. The highest BCUT2D eigenvalue weighted by Gasteiger charge is 2.43. The van der Waals surface area contributed by atoms with Gasteiger partial charge in [0.15, 0.2) is 0 Å². The van der Waals surface area contributed by atoms with Crippen LogP contribution >= 0.6 is 0 Å². The van der Waals surface area contributed by atoms with E-state index in [0.29, 0.717) is 12.1 Å². The molecule has 6 heteroatoms. The second kappa shape index (κ2) is 8.20. The van der Waals surface area contributed by atoms with Crippen molar-refractivity contribution in [2.45, 2.75) is 23.7 Å². The van der Waals surface area contributed by atoms with Crippen molar-refractivity contribution in [2.75, 3.05) is 4.72 Å². The predicted octanol–water partition coefficient (Wildman–Crippen LogP) is 4.95. The molecule has 1 heterocycles. The normalized spacial score (nSPS) is 17.8. The van der Waals surface area contributed by atoms with Crippen LogP contribution in [0.3, 0.4) is 0 Å². The molecule has 0 bridgehead atoms. The van der Waals surface area contributed by atoms with Gasteiger partial charge in [-0.15, -0.1) is 0 Å². The summed E-state index contributed by atoms with van der Waals surface area (Å²) in [7, 11) is -3.69. The molecule has 1 N–H and O–H groups in total. The monoisotopic (exact) mass is 442 g/mol. The summed E-state index contributed by atoms with van der Waals surface area (Å²) in [6.07, 6.45) is 4.70. The van der Waals surface area contributed by atoms with Gasteiger partial charge in [0.1, 0.15) is 5.78 Å². The Morgan fingerprint density at radius 3 is 2.62 bits per heavy atom. The largest absolute Gasteiger partial charge is 0.299 e. The molecule has 5 rings (SSSR count). The Hall–Kier alpha value is -3.51. The second-order valence-electron chi connectivity index (χ2n) is 8.19. The number of benzene rings is 3. The Morgan fingerprint density at radius 1 is 0.938 bits per heavy atom. The average molecular weight is 443 g/mol. The van der Waals surface area contributed by atoms with E-state index in [1.165, 1.54) is 0 Å². The van der Waals surface area contributed by atoms with Crippen LogP contribution in [0.15, 0.2) is 96.2 Å². The molecule has 1 fully saturated rings. The van der Waals surface area contributed by atoms with E-state index < -0.39 is 10.0 Å². The molecule has 160 valence electrons. The predicted molar refractivity (Wildman–Crippen MR) is 125 cm³/mol. The number of pyridine rings is 1. The van der Waals surface area contributed by atoms with Crippen LogP contribution in [0.1, 0.15) is 23.5 Å². The maximum absolute atomic E-state index is 12.9. The minimum absolute atomic E-state index is 0.0665. The van der Waals surface area contributed by atoms with Gasteiger partial charge in [-0.1, -0.05) is 48.5 Å². The molecule has 0 aliphatic heterocycles. The summed E-state index contributed by atoms with van der Waals surface area (Å²) in [6.45, 7) is 0. The van der Waals surface area contributed by atoms with Crippen LogP contribution in [0.25, 0.3) is 10.8 Å². The molecule has 0 unspecified atom stereocenters. The zero-order valence-electron chi connectivity index (χ0n) is 17.3. The van der Waals surface area contributed by atoms with Crippen molar-refractivity contribution < 1.29 is 13.2 Å². The molecule has 32 heavy (non-hydrogen) atoms. The first-order chi connectivity index (χ1) is 15.5. The number of fused-ring (bicyclic) bond motifs is 1. The lowest BCUT2D eigenvalue weighted by molar-refractivity contribution is -0.119. The van der Waals surface area contributed by atoms with Gasteiger partial charge in [-0.05, 0) is 59.2 Å². The van der Waals surface area contributed by atoms with Crippen molar-refractivity contribution in [1.29, 1.82) is 0 Å². The average Bonchev–Trinajstić information content (AvgIpc) is 3.61. The summed E-state index contributed by atoms with van der Waals surface area (Å²) in [5, 5.41) is 2.12. The number of hydrogen-bond acceptors (Lipinski definition) is 4. The first kappa shape index (κ1) is 20.4. The SMILES string of the molecule is O=C(Cc1ccc2cnccc2c1)[C@@H]1C[C@H]1c1cccc(S(=O)(=O)Nc2ccccc2)c1. The molecule has 1 aliphatic carbocycles. The Morgan fingerprint density at radius 2 is 1.78 bits per heavy atom. The van der Waals surface area contributed by atoms with E-state index in [0.717, 1.165) is 28.3 Å². The van der Waals surface area contributed by atoms with Crippen LogP contribution in [-0.4, -0.2) is 19.2 Å². The topological polar surface area (TPSA) is 76.1 Å². The summed E-state index contributed by atoms with van der Waals surface area (Å²) in [5.74, 6) is 0.196. The lowest BCUT2D eigenvalue weighted by atomic mass is 10.0. The van der Waals surface area contributed by atoms with Crippen LogP contribution in [0.2, 0.25) is 0 Å². The van der Waals surface area contributed by atoms with Crippen molar-refractivity contribution in [3.8, 4) is 0 Å². The summed E-state index contributed by atoms with van der Waals surface area (Å²) < 4.78 is 28.2. The molecule has 0 amide bonds. The van der Waals surface area contributed by atoms with Crippen molar-refractivity contribution in [3.63, 3.8) is 0 Å². The lowest BCUT2D eigenvalue weighted by Gasteiger charge is -2.09. The smallest absolute Gasteiger partial charge is 0.261 e. The number of nitrogens with one attached hydrogen (secondary N) is 1. The van der Waals surface area contributed by atoms with Gasteiger partial charge in [0.25, 0.3) is 10.0 Å². The van der Waals surface area contributed by atoms with E-state index in [9.17, 15) is 13.2 Å². The van der Waals surface area contributed by atoms with Crippen LogP contribution < -0.4 is 4.72 Å². The van der Waals surface area contributed by atoms with Gasteiger partial charge in [0.2, 0.25) is 0 Å². The van der Waals surface area contributed by atoms with Crippen LogP contribution in [0.5, 0.6) is 0 Å². The molecule has 0 saturated heterocycles. The summed E-state index contributed by atoms with van der Waals surface area (Å²) >= 11 is 0. The van der Waals surface area contributed by atoms with E-state index >= 15 is 0 Å². The lowest BCUT2D eigenvalue weighted by Crippen LogP contribution is -2.13. The maximum atomic E-state index is 12.9. The standard InChI is InChI=1S/C26H22N2O3S/c29-26(14-18-9-10-21-17-27-12-11-19(21)13-18)25-16-24(25)20-5-4-8-23(15-20)32(30,31)28-22-6-2-1-3-7-22/h1-13,15,17,24-25,28H,14,16H2/t24-,25+/m0/s1. The maximum Gasteiger partial charge on any atom is 0.261 e. The van der Waals surface area contributed by atoms with Gasteiger partial charge in [-0.3, -0.25) is 14.5 Å². The number of anilines is 1. The van der Waals surface area contributed by atoms with Crippen molar-refractivity contribution in [3.05, 3.63) is 102 Å². The highest BCUT2D eigenvalue weighted by atomic mass is 32.2. The zero-order chi connectivity index (χ0) is 22.1. The fraction of sp³-hybridized carbons (Fsp3) is 0.154. The summed E-state index contributed by atoms with van der Waals surface area (Å²) in [5.41, 5.74) is 2.40. The van der Waals surface area contributed by atoms with Gasteiger partial charge in [-0.2, -0.15) is 0 Å².